The molecule has 0 bridgehead atoms. The summed E-state index contributed by atoms with van der Waals surface area (Å²) in [5.41, 5.74) is 9.49. The van der Waals surface area contributed by atoms with Crippen LogP contribution >= 0.6 is 0 Å². The number of amides is 1. The summed E-state index contributed by atoms with van der Waals surface area (Å²) in [5.74, 6) is -0.868. The number of nitrogens with two attached hydrogens (primary N) is 2. The van der Waals surface area contributed by atoms with Crippen LogP contribution in [0.2, 0.25) is 0 Å². The molecule has 0 aliphatic heterocycles. The lowest BCUT2D eigenvalue weighted by Gasteiger charge is -1.96. The molecule has 0 spiro atoms. The minimum absolute atomic E-state index is 0.0181. The van der Waals surface area contributed by atoms with E-state index in [1.807, 2.05) is 0 Å². The molecule has 1 amide bonds. The van der Waals surface area contributed by atoms with Crippen LogP contribution in [0.1, 0.15) is 10.4 Å². The van der Waals surface area contributed by atoms with Crippen LogP contribution in [0.25, 0.3) is 0 Å². The van der Waals surface area contributed by atoms with Gasteiger partial charge in [-0.3, -0.25) is 4.79 Å². The summed E-state index contributed by atoms with van der Waals surface area (Å²) in [6.45, 7) is 0. The third-order valence-corrected chi connectivity index (χ3v) is 1.10. The van der Waals surface area contributed by atoms with E-state index >= 15 is 0 Å². The van der Waals surface area contributed by atoms with Crippen molar-refractivity contribution in [1.29, 1.82) is 0 Å². The Labute approximate surface area is 61.2 Å². The van der Waals surface area contributed by atoms with Crippen LogP contribution in [-0.2, 0) is 0 Å². The summed E-state index contributed by atoms with van der Waals surface area (Å²) in [4.78, 5) is 26.4. The average molecular weight is 154 g/mol. The third-order valence-electron chi connectivity index (χ3n) is 1.10. The number of nitrogen functional groups attached to an aromatic ring is 1. The highest BCUT2D eigenvalue weighted by molar-refractivity contribution is 5.96. The number of rotatable bonds is 1. The molecule has 1 rings (SSSR count). The van der Waals surface area contributed by atoms with Gasteiger partial charge in [-0.1, -0.05) is 0 Å². The van der Waals surface area contributed by atoms with Crippen molar-refractivity contribution < 1.29 is 4.79 Å². The summed E-state index contributed by atoms with van der Waals surface area (Å²) in [5, 5.41) is 0. The molecule has 0 fully saturated rings. The van der Waals surface area contributed by atoms with Crippen LogP contribution < -0.4 is 17.2 Å². The fourth-order valence-electron chi connectivity index (χ4n) is 0.607. The van der Waals surface area contributed by atoms with E-state index in [9.17, 15) is 9.59 Å². The third kappa shape index (κ3) is 1.34. The molecule has 58 valence electrons. The van der Waals surface area contributed by atoms with Gasteiger partial charge < -0.3 is 16.5 Å². The van der Waals surface area contributed by atoms with E-state index in [1.54, 1.807) is 0 Å². The summed E-state index contributed by atoms with van der Waals surface area (Å²) in [6.07, 6.45) is 1.13. The SMILES string of the molecule is NC(=O)c1c[nH]c(=O)nc1N. The maximum absolute atomic E-state index is 10.5. The van der Waals surface area contributed by atoms with E-state index in [1.165, 1.54) is 0 Å². The maximum Gasteiger partial charge on any atom is 0.346 e. The normalized spacial score (nSPS) is 9.45. The molecular formula is C5H6N4O2. The van der Waals surface area contributed by atoms with Gasteiger partial charge in [0.05, 0.1) is 5.56 Å². The molecule has 5 N–H and O–H groups in total. The molecule has 1 aromatic rings. The maximum atomic E-state index is 10.5. The zero-order valence-corrected chi connectivity index (χ0v) is 5.50. The zero-order chi connectivity index (χ0) is 8.43. The first-order valence-electron chi connectivity index (χ1n) is 2.76. The molecule has 0 unspecified atom stereocenters. The first kappa shape index (κ1) is 7.26. The van der Waals surface area contributed by atoms with Gasteiger partial charge in [0.1, 0.15) is 5.82 Å². The minimum atomic E-state index is -0.716. The van der Waals surface area contributed by atoms with Gasteiger partial charge in [-0.2, -0.15) is 4.98 Å². The summed E-state index contributed by atoms with van der Waals surface area (Å²) >= 11 is 0. The van der Waals surface area contributed by atoms with Gasteiger partial charge in [-0.25, -0.2) is 4.79 Å². The molecule has 0 saturated heterocycles. The fraction of sp³-hybridized carbons (Fsp3) is 0. The van der Waals surface area contributed by atoms with Crippen molar-refractivity contribution in [1.82, 2.24) is 9.97 Å². The number of aromatic nitrogens is 2. The Morgan fingerprint density at radius 3 is 2.73 bits per heavy atom. The molecule has 0 atom stereocenters. The predicted molar refractivity (Wildman–Crippen MR) is 37.8 cm³/mol. The Balaban J connectivity index is 3.31. The number of nitrogens with zero attached hydrogens (tertiary/aromatic N) is 1. The molecule has 6 heteroatoms. The number of nitrogens with one attached hydrogen (secondary N) is 1. The van der Waals surface area contributed by atoms with Crippen molar-refractivity contribution in [2.24, 2.45) is 5.73 Å². The molecule has 0 aromatic carbocycles. The van der Waals surface area contributed by atoms with Gasteiger partial charge in [0.2, 0.25) is 0 Å². The van der Waals surface area contributed by atoms with Crippen LogP contribution in [0.15, 0.2) is 11.0 Å². The van der Waals surface area contributed by atoms with Crippen molar-refractivity contribution in [3.63, 3.8) is 0 Å². The Morgan fingerprint density at radius 1 is 1.64 bits per heavy atom. The minimum Gasteiger partial charge on any atom is -0.383 e. The predicted octanol–water partition coefficient (Wildman–Crippen LogP) is -1.55. The Bertz CT molecular complexity index is 343. The molecule has 1 aromatic heterocycles. The molecule has 6 nitrogen and oxygen atoms in total. The topological polar surface area (TPSA) is 115 Å². The molecule has 11 heavy (non-hydrogen) atoms. The second-order valence-electron chi connectivity index (χ2n) is 1.87. The van der Waals surface area contributed by atoms with Gasteiger partial charge in [0.25, 0.3) is 5.91 Å². The molecule has 0 radical (unpaired) electrons. The quantitative estimate of drug-likeness (QED) is 0.454. The Kier molecular flexibility index (Phi) is 1.59. The van der Waals surface area contributed by atoms with Crippen molar-refractivity contribution in [3.05, 3.63) is 22.2 Å². The highest BCUT2D eigenvalue weighted by atomic mass is 16.1. The zero-order valence-electron chi connectivity index (χ0n) is 5.50. The van der Waals surface area contributed by atoms with Gasteiger partial charge in [0, 0.05) is 6.20 Å². The second-order valence-corrected chi connectivity index (χ2v) is 1.87. The molecular weight excluding hydrogens is 148 g/mol. The number of H-pyrrole nitrogens is 1. The Hall–Kier alpha value is -1.85. The summed E-state index contributed by atoms with van der Waals surface area (Å²) in [7, 11) is 0. The van der Waals surface area contributed by atoms with E-state index in [-0.39, 0.29) is 11.4 Å². The molecule has 0 saturated carbocycles. The average Bonchev–Trinajstić information content (AvgIpc) is 1.85. The first-order valence-corrected chi connectivity index (χ1v) is 2.76. The van der Waals surface area contributed by atoms with Crippen LogP contribution in [0.4, 0.5) is 5.82 Å². The first-order chi connectivity index (χ1) is 5.11. The van der Waals surface area contributed by atoms with Crippen molar-refractivity contribution in [2.75, 3.05) is 5.73 Å². The second kappa shape index (κ2) is 2.41. The van der Waals surface area contributed by atoms with Gasteiger partial charge in [-0.15, -0.1) is 0 Å². The number of carbonyl (C=O) groups is 1. The van der Waals surface area contributed by atoms with Crippen molar-refractivity contribution in [2.45, 2.75) is 0 Å². The molecule has 1 heterocycles. The van der Waals surface area contributed by atoms with Gasteiger partial charge in [-0.05, 0) is 0 Å². The van der Waals surface area contributed by atoms with Gasteiger partial charge >= 0.3 is 5.69 Å². The Morgan fingerprint density at radius 2 is 2.27 bits per heavy atom. The lowest BCUT2D eigenvalue weighted by atomic mass is 10.3. The van der Waals surface area contributed by atoms with E-state index < -0.39 is 11.6 Å². The number of anilines is 1. The highest BCUT2D eigenvalue weighted by Crippen LogP contribution is 2.00. The lowest BCUT2D eigenvalue weighted by molar-refractivity contribution is 0.100. The van der Waals surface area contributed by atoms with Crippen LogP contribution in [-0.4, -0.2) is 15.9 Å². The van der Waals surface area contributed by atoms with Crippen LogP contribution in [0, 0.1) is 0 Å². The fourth-order valence-corrected chi connectivity index (χ4v) is 0.607. The number of hydrogen-bond donors (Lipinski definition) is 3. The van der Waals surface area contributed by atoms with Crippen LogP contribution in [0.5, 0.6) is 0 Å². The number of carbonyl (C=O) groups excluding carboxylic acids is 1. The monoisotopic (exact) mass is 154 g/mol. The number of primary amides is 1. The standard InChI is InChI=1S/C5H6N4O2/c6-3-2(4(7)10)1-8-5(11)9-3/h1H,(H2,7,10)(H3,6,8,9,11). The summed E-state index contributed by atoms with van der Waals surface area (Å²) in [6, 6.07) is 0. The lowest BCUT2D eigenvalue weighted by Crippen LogP contribution is -2.20. The number of hydrogen-bond acceptors (Lipinski definition) is 4. The molecule has 0 aliphatic rings. The molecule has 0 aliphatic carbocycles. The summed E-state index contributed by atoms with van der Waals surface area (Å²) < 4.78 is 0. The van der Waals surface area contributed by atoms with E-state index in [4.69, 9.17) is 11.5 Å². The number of aromatic amines is 1. The largest absolute Gasteiger partial charge is 0.383 e. The van der Waals surface area contributed by atoms with E-state index in [0.717, 1.165) is 6.20 Å². The van der Waals surface area contributed by atoms with Crippen molar-refractivity contribution in [3.8, 4) is 0 Å². The van der Waals surface area contributed by atoms with Crippen LogP contribution in [0.3, 0.4) is 0 Å². The van der Waals surface area contributed by atoms with Gasteiger partial charge in [0.15, 0.2) is 0 Å². The van der Waals surface area contributed by atoms with E-state index in [2.05, 4.69) is 9.97 Å². The van der Waals surface area contributed by atoms with E-state index in [0.29, 0.717) is 0 Å². The van der Waals surface area contributed by atoms with Crippen molar-refractivity contribution >= 4 is 11.7 Å². The highest BCUT2D eigenvalue weighted by Gasteiger charge is 2.05. The smallest absolute Gasteiger partial charge is 0.346 e.